The molecule has 18 heavy (non-hydrogen) atoms. The monoisotopic (exact) mass is 257 g/mol. The molecular formula is C14H18F3N. The summed E-state index contributed by atoms with van der Waals surface area (Å²) in [5.74, 6) is 0.0808. The Kier molecular flexibility index (Phi) is 3.95. The summed E-state index contributed by atoms with van der Waals surface area (Å²) < 4.78 is 36.7. The van der Waals surface area contributed by atoms with Crippen molar-refractivity contribution in [3.63, 3.8) is 0 Å². The van der Waals surface area contributed by atoms with Crippen LogP contribution in [0.25, 0.3) is 0 Å². The summed E-state index contributed by atoms with van der Waals surface area (Å²) in [5.41, 5.74) is 8.37. The molecule has 100 valence electrons. The number of rotatable bonds is 3. The van der Waals surface area contributed by atoms with Crippen molar-refractivity contribution in [2.45, 2.75) is 50.2 Å². The molecule has 2 atom stereocenters. The van der Waals surface area contributed by atoms with E-state index in [4.69, 9.17) is 5.73 Å². The second-order valence-corrected chi connectivity index (χ2v) is 5.02. The zero-order chi connectivity index (χ0) is 13.2. The normalized spacial score (nSPS) is 21.4. The maximum Gasteiger partial charge on any atom is 0.389 e. The summed E-state index contributed by atoms with van der Waals surface area (Å²) in [4.78, 5) is 0. The second kappa shape index (κ2) is 5.31. The highest BCUT2D eigenvalue weighted by molar-refractivity contribution is 5.33. The third kappa shape index (κ3) is 3.25. The molecule has 1 aliphatic rings. The van der Waals surface area contributed by atoms with E-state index < -0.39 is 18.6 Å². The van der Waals surface area contributed by atoms with Crippen molar-refractivity contribution in [3.8, 4) is 0 Å². The summed E-state index contributed by atoms with van der Waals surface area (Å²) in [6.45, 7) is 0. The molecule has 0 saturated carbocycles. The van der Waals surface area contributed by atoms with Crippen molar-refractivity contribution < 1.29 is 13.2 Å². The molecule has 2 unspecified atom stereocenters. The van der Waals surface area contributed by atoms with Crippen LogP contribution in [0, 0.1) is 0 Å². The van der Waals surface area contributed by atoms with Gasteiger partial charge in [-0.15, -0.1) is 0 Å². The zero-order valence-corrected chi connectivity index (χ0v) is 10.2. The summed E-state index contributed by atoms with van der Waals surface area (Å²) in [5, 5.41) is 0. The third-order valence-electron chi connectivity index (χ3n) is 3.69. The van der Waals surface area contributed by atoms with Crippen LogP contribution in [0.3, 0.4) is 0 Å². The molecule has 0 amide bonds. The van der Waals surface area contributed by atoms with Gasteiger partial charge in [0.15, 0.2) is 0 Å². The molecule has 0 saturated heterocycles. The van der Waals surface area contributed by atoms with Crippen LogP contribution in [-0.4, -0.2) is 12.2 Å². The van der Waals surface area contributed by atoms with Crippen molar-refractivity contribution in [2.75, 3.05) is 0 Å². The first-order valence-corrected chi connectivity index (χ1v) is 6.37. The highest BCUT2D eigenvalue weighted by Crippen LogP contribution is 2.35. The average Bonchev–Trinajstić information content (AvgIpc) is 2.34. The Hall–Kier alpha value is -1.03. The topological polar surface area (TPSA) is 26.0 Å². The average molecular weight is 257 g/mol. The van der Waals surface area contributed by atoms with E-state index in [-0.39, 0.29) is 12.3 Å². The summed E-state index contributed by atoms with van der Waals surface area (Å²) in [7, 11) is 0. The van der Waals surface area contributed by atoms with Gasteiger partial charge in [-0.2, -0.15) is 13.2 Å². The van der Waals surface area contributed by atoms with Crippen molar-refractivity contribution in [2.24, 2.45) is 5.73 Å². The number of fused-ring (bicyclic) bond motifs is 1. The second-order valence-electron chi connectivity index (χ2n) is 5.02. The Morgan fingerprint density at radius 1 is 1.28 bits per heavy atom. The number of aryl methyl sites for hydroxylation is 1. The minimum Gasteiger partial charge on any atom is -0.327 e. The Morgan fingerprint density at radius 3 is 2.72 bits per heavy atom. The standard InChI is InChI=1S/C14H18F3N/c15-14(16,17)9-8-13(18)12-7-3-5-10-4-1-2-6-11(10)12/h1-2,4,6,12-13H,3,5,7-9,18H2. The number of nitrogens with two attached hydrogens (primary N) is 1. The van der Waals surface area contributed by atoms with Gasteiger partial charge in [0.05, 0.1) is 0 Å². The van der Waals surface area contributed by atoms with E-state index in [1.165, 1.54) is 5.56 Å². The van der Waals surface area contributed by atoms with Gasteiger partial charge in [-0.25, -0.2) is 0 Å². The summed E-state index contributed by atoms with van der Waals surface area (Å²) >= 11 is 0. The van der Waals surface area contributed by atoms with E-state index in [1.54, 1.807) is 0 Å². The zero-order valence-electron chi connectivity index (χ0n) is 10.2. The maximum atomic E-state index is 12.2. The minimum atomic E-state index is -4.11. The lowest BCUT2D eigenvalue weighted by atomic mass is 9.78. The molecular weight excluding hydrogens is 239 g/mol. The van der Waals surface area contributed by atoms with Gasteiger partial charge in [0, 0.05) is 12.5 Å². The largest absolute Gasteiger partial charge is 0.389 e. The lowest BCUT2D eigenvalue weighted by Crippen LogP contribution is -2.32. The molecule has 2 N–H and O–H groups in total. The van der Waals surface area contributed by atoms with Crippen LogP contribution < -0.4 is 5.73 Å². The van der Waals surface area contributed by atoms with Crippen LogP contribution in [0.15, 0.2) is 24.3 Å². The van der Waals surface area contributed by atoms with Gasteiger partial charge in [0.2, 0.25) is 0 Å². The van der Waals surface area contributed by atoms with Gasteiger partial charge in [0.1, 0.15) is 0 Å². The molecule has 0 fully saturated rings. The Morgan fingerprint density at radius 2 is 2.00 bits per heavy atom. The molecule has 1 nitrogen and oxygen atoms in total. The Bertz CT molecular complexity index is 400. The Balaban J connectivity index is 2.06. The third-order valence-corrected chi connectivity index (χ3v) is 3.69. The van der Waals surface area contributed by atoms with Crippen LogP contribution in [0.1, 0.15) is 42.7 Å². The van der Waals surface area contributed by atoms with Crippen LogP contribution in [-0.2, 0) is 6.42 Å². The van der Waals surface area contributed by atoms with E-state index in [0.717, 1.165) is 24.8 Å². The van der Waals surface area contributed by atoms with Gasteiger partial charge in [-0.05, 0) is 42.7 Å². The predicted octanol–water partition coefficient (Wildman–Crippen LogP) is 3.78. The van der Waals surface area contributed by atoms with Crippen LogP contribution in [0.4, 0.5) is 13.2 Å². The van der Waals surface area contributed by atoms with Crippen LogP contribution in [0.2, 0.25) is 0 Å². The molecule has 0 spiro atoms. The van der Waals surface area contributed by atoms with Gasteiger partial charge in [-0.3, -0.25) is 0 Å². The van der Waals surface area contributed by atoms with E-state index in [9.17, 15) is 13.2 Å². The molecule has 0 aliphatic heterocycles. The van der Waals surface area contributed by atoms with E-state index in [1.807, 2.05) is 18.2 Å². The molecule has 0 heterocycles. The molecule has 1 aliphatic carbocycles. The molecule has 2 rings (SSSR count). The minimum absolute atomic E-state index is 0.0164. The van der Waals surface area contributed by atoms with Crippen molar-refractivity contribution in [1.82, 2.24) is 0 Å². The first-order valence-electron chi connectivity index (χ1n) is 6.37. The SMILES string of the molecule is NC(CCC(F)(F)F)C1CCCc2ccccc21. The van der Waals surface area contributed by atoms with Gasteiger partial charge in [0.25, 0.3) is 0 Å². The fraction of sp³-hybridized carbons (Fsp3) is 0.571. The number of halogens is 3. The quantitative estimate of drug-likeness (QED) is 0.876. The smallest absolute Gasteiger partial charge is 0.327 e. The maximum absolute atomic E-state index is 12.2. The first-order chi connectivity index (χ1) is 8.47. The number of hydrogen-bond donors (Lipinski definition) is 1. The van der Waals surface area contributed by atoms with Gasteiger partial charge in [-0.1, -0.05) is 24.3 Å². The van der Waals surface area contributed by atoms with Crippen LogP contribution in [0.5, 0.6) is 0 Å². The van der Waals surface area contributed by atoms with Crippen LogP contribution >= 0.6 is 0 Å². The highest BCUT2D eigenvalue weighted by atomic mass is 19.4. The first kappa shape index (κ1) is 13.4. The molecule has 1 aromatic carbocycles. The van der Waals surface area contributed by atoms with Gasteiger partial charge >= 0.3 is 6.18 Å². The van der Waals surface area contributed by atoms with Gasteiger partial charge < -0.3 is 5.73 Å². The van der Waals surface area contributed by atoms with Crippen molar-refractivity contribution in [3.05, 3.63) is 35.4 Å². The highest BCUT2D eigenvalue weighted by Gasteiger charge is 2.31. The van der Waals surface area contributed by atoms with E-state index >= 15 is 0 Å². The van der Waals surface area contributed by atoms with Crippen molar-refractivity contribution >= 4 is 0 Å². The lowest BCUT2D eigenvalue weighted by Gasteiger charge is -2.30. The molecule has 4 heteroatoms. The number of alkyl halides is 3. The summed E-state index contributed by atoms with van der Waals surface area (Å²) in [6.07, 6.45) is -1.95. The van der Waals surface area contributed by atoms with E-state index in [2.05, 4.69) is 6.07 Å². The predicted molar refractivity (Wildman–Crippen MR) is 65.4 cm³/mol. The molecule has 0 aromatic heterocycles. The summed E-state index contributed by atoms with van der Waals surface area (Å²) in [6, 6.07) is 7.58. The number of hydrogen-bond acceptors (Lipinski definition) is 1. The Labute approximate surface area is 105 Å². The molecule has 0 bridgehead atoms. The fourth-order valence-electron chi connectivity index (χ4n) is 2.77. The molecule has 1 aromatic rings. The fourth-order valence-corrected chi connectivity index (χ4v) is 2.77. The lowest BCUT2D eigenvalue weighted by molar-refractivity contribution is -0.136. The molecule has 0 radical (unpaired) electrons. The number of benzene rings is 1. The van der Waals surface area contributed by atoms with E-state index in [0.29, 0.717) is 0 Å². The van der Waals surface area contributed by atoms with Crippen molar-refractivity contribution in [1.29, 1.82) is 0 Å².